The first-order valence-corrected chi connectivity index (χ1v) is 6.98. The number of likely N-dealkylation sites (tertiary alicyclic amines) is 1. The molecule has 1 aromatic rings. The van der Waals surface area contributed by atoms with Crippen molar-refractivity contribution >= 4 is 11.7 Å². The zero-order valence-electron chi connectivity index (χ0n) is 11.2. The molecule has 1 aliphatic carbocycles. The fourth-order valence-corrected chi connectivity index (χ4v) is 2.86. The Balaban J connectivity index is 1.71. The molecule has 2 N–H and O–H groups in total. The van der Waals surface area contributed by atoms with Crippen LogP contribution in [0.15, 0.2) is 18.2 Å². The fraction of sp³-hybridized carbons (Fsp3) is 0.533. The van der Waals surface area contributed by atoms with Gasteiger partial charge in [0.2, 0.25) is 0 Å². The Bertz CT molecular complexity index is 497. The van der Waals surface area contributed by atoms with Crippen LogP contribution < -0.4 is 5.32 Å². The van der Waals surface area contributed by atoms with Gasteiger partial charge in [-0.3, -0.25) is 4.90 Å². The Hall–Kier alpha value is -1.55. The van der Waals surface area contributed by atoms with E-state index < -0.39 is 5.97 Å². The maximum Gasteiger partial charge on any atom is 0.337 e. The van der Waals surface area contributed by atoms with Crippen LogP contribution in [-0.4, -0.2) is 41.1 Å². The third-order valence-corrected chi connectivity index (χ3v) is 4.05. The number of nitrogens with zero attached hydrogens (tertiary/aromatic N) is 1. The van der Waals surface area contributed by atoms with Gasteiger partial charge in [0.05, 0.1) is 5.56 Å². The van der Waals surface area contributed by atoms with Gasteiger partial charge in [0.1, 0.15) is 0 Å². The molecule has 1 saturated heterocycles. The first kappa shape index (κ1) is 12.5. The molecule has 1 heterocycles. The number of carboxylic acid groups (broad SMARTS) is 1. The quantitative estimate of drug-likeness (QED) is 0.872. The van der Waals surface area contributed by atoms with Crippen LogP contribution in [-0.2, 0) is 0 Å². The number of aromatic carboxylic acids is 1. The average Bonchev–Trinajstić information content (AvgIpc) is 3.12. The number of benzene rings is 1. The van der Waals surface area contributed by atoms with Gasteiger partial charge < -0.3 is 10.4 Å². The zero-order valence-corrected chi connectivity index (χ0v) is 11.2. The summed E-state index contributed by atoms with van der Waals surface area (Å²) in [7, 11) is 0. The molecule has 2 aliphatic rings. The van der Waals surface area contributed by atoms with E-state index in [-0.39, 0.29) is 0 Å². The minimum Gasteiger partial charge on any atom is -0.478 e. The van der Waals surface area contributed by atoms with Gasteiger partial charge in [0.15, 0.2) is 0 Å². The summed E-state index contributed by atoms with van der Waals surface area (Å²) in [5.74, 6) is -0.858. The number of carboxylic acids is 1. The minimum atomic E-state index is -0.858. The summed E-state index contributed by atoms with van der Waals surface area (Å²) in [6, 6.07) is 6.75. The summed E-state index contributed by atoms with van der Waals surface area (Å²) in [5.41, 5.74) is 2.11. The van der Waals surface area contributed by atoms with Crippen LogP contribution in [0.4, 0.5) is 5.69 Å². The van der Waals surface area contributed by atoms with Crippen molar-refractivity contribution in [3.05, 3.63) is 29.3 Å². The molecule has 0 amide bonds. The molecule has 4 heteroatoms. The maximum absolute atomic E-state index is 11.3. The second-order valence-electron chi connectivity index (χ2n) is 5.71. The second-order valence-corrected chi connectivity index (χ2v) is 5.71. The van der Waals surface area contributed by atoms with Crippen molar-refractivity contribution in [3.8, 4) is 0 Å². The van der Waals surface area contributed by atoms with Gasteiger partial charge in [-0.1, -0.05) is 11.6 Å². The SMILES string of the molecule is Cc1ccc(NC2CCN(C3CC3)C2)c(C(=O)O)c1. The third-order valence-electron chi connectivity index (χ3n) is 4.05. The molecular formula is C15H20N2O2. The summed E-state index contributed by atoms with van der Waals surface area (Å²) < 4.78 is 0. The number of hydrogen-bond donors (Lipinski definition) is 2. The van der Waals surface area contributed by atoms with E-state index in [0.717, 1.165) is 36.8 Å². The van der Waals surface area contributed by atoms with Crippen LogP contribution in [0.2, 0.25) is 0 Å². The molecule has 1 saturated carbocycles. The molecule has 0 bridgehead atoms. The summed E-state index contributed by atoms with van der Waals surface area (Å²) >= 11 is 0. The second kappa shape index (κ2) is 4.85. The Morgan fingerprint density at radius 1 is 1.37 bits per heavy atom. The Morgan fingerprint density at radius 3 is 2.84 bits per heavy atom. The standard InChI is InChI=1S/C15H20N2O2/c1-10-2-5-14(13(8-10)15(18)19)16-11-6-7-17(9-11)12-3-4-12/h2,5,8,11-12,16H,3-4,6-7,9H2,1H3,(H,18,19). The zero-order chi connectivity index (χ0) is 13.4. The van der Waals surface area contributed by atoms with Gasteiger partial charge in [0.25, 0.3) is 0 Å². The van der Waals surface area contributed by atoms with Crippen molar-refractivity contribution in [2.45, 2.75) is 38.3 Å². The summed E-state index contributed by atoms with van der Waals surface area (Å²) in [4.78, 5) is 13.8. The van der Waals surface area contributed by atoms with Crippen LogP contribution in [0.25, 0.3) is 0 Å². The lowest BCUT2D eigenvalue weighted by molar-refractivity contribution is 0.0698. The third kappa shape index (κ3) is 2.73. The molecule has 1 aliphatic heterocycles. The lowest BCUT2D eigenvalue weighted by Gasteiger charge is -2.18. The van der Waals surface area contributed by atoms with Crippen molar-refractivity contribution in [1.29, 1.82) is 0 Å². The van der Waals surface area contributed by atoms with E-state index in [2.05, 4.69) is 10.2 Å². The van der Waals surface area contributed by atoms with Crippen LogP contribution in [0.3, 0.4) is 0 Å². The Morgan fingerprint density at radius 2 is 2.16 bits per heavy atom. The fourth-order valence-electron chi connectivity index (χ4n) is 2.86. The lowest BCUT2D eigenvalue weighted by atomic mass is 10.1. The highest BCUT2D eigenvalue weighted by Crippen LogP contribution is 2.31. The van der Waals surface area contributed by atoms with Crippen molar-refractivity contribution in [2.75, 3.05) is 18.4 Å². The summed E-state index contributed by atoms with van der Waals surface area (Å²) in [5, 5.41) is 12.7. The highest BCUT2D eigenvalue weighted by molar-refractivity contribution is 5.94. The molecule has 19 heavy (non-hydrogen) atoms. The molecule has 1 aromatic carbocycles. The van der Waals surface area contributed by atoms with E-state index in [1.54, 1.807) is 6.07 Å². The molecule has 102 valence electrons. The normalized spacial score (nSPS) is 23.5. The smallest absolute Gasteiger partial charge is 0.337 e. The van der Waals surface area contributed by atoms with Crippen LogP contribution in [0.1, 0.15) is 35.2 Å². The minimum absolute atomic E-state index is 0.376. The molecule has 3 rings (SSSR count). The number of rotatable bonds is 4. The highest BCUT2D eigenvalue weighted by atomic mass is 16.4. The highest BCUT2D eigenvalue weighted by Gasteiger charge is 2.34. The predicted molar refractivity (Wildman–Crippen MR) is 74.8 cm³/mol. The van der Waals surface area contributed by atoms with Crippen molar-refractivity contribution in [3.63, 3.8) is 0 Å². The molecule has 4 nitrogen and oxygen atoms in total. The molecule has 0 spiro atoms. The van der Waals surface area contributed by atoms with E-state index in [4.69, 9.17) is 0 Å². The topological polar surface area (TPSA) is 52.6 Å². The number of aryl methyl sites for hydroxylation is 1. The van der Waals surface area contributed by atoms with Crippen molar-refractivity contribution in [1.82, 2.24) is 4.90 Å². The lowest BCUT2D eigenvalue weighted by Crippen LogP contribution is -2.28. The molecule has 1 unspecified atom stereocenters. The summed E-state index contributed by atoms with van der Waals surface area (Å²) in [6.07, 6.45) is 3.76. The first-order valence-electron chi connectivity index (χ1n) is 6.98. The largest absolute Gasteiger partial charge is 0.478 e. The summed E-state index contributed by atoms with van der Waals surface area (Å²) in [6.45, 7) is 4.09. The van der Waals surface area contributed by atoms with Gasteiger partial charge >= 0.3 is 5.97 Å². The van der Waals surface area contributed by atoms with Crippen LogP contribution in [0.5, 0.6) is 0 Å². The molecule has 2 fully saturated rings. The van der Waals surface area contributed by atoms with Gasteiger partial charge in [-0.05, 0) is 38.3 Å². The van der Waals surface area contributed by atoms with Gasteiger partial charge in [-0.2, -0.15) is 0 Å². The van der Waals surface area contributed by atoms with Gasteiger partial charge in [0, 0.05) is 30.9 Å². The molecule has 0 aromatic heterocycles. The van der Waals surface area contributed by atoms with Crippen molar-refractivity contribution < 1.29 is 9.90 Å². The predicted octanol–water partition coefficient (Wildman–Crippen LogP) is 2.34. The van der Waals surface area contributed by atoms with E-state index in [1.807, 2.05) is 19.1 Å². The molecule has 1 atom stereocenters. The average molecular weight is 260 g/mol. The van der Waals surface area contributed by atoms with E-state index in [9.17, 15) is 9.90 Å². The Labute approximate surface area is 113 Å². The molecule has 0 radical (unpaired) electrons. The van der Waals surface area contributed by atoms with E-state index in [0.29, 0.717) is 11.6 Å². The first-order chi connectivity index (χ1) is 9.13. The van der Waals surface area contributed by atoms with E-state index >= 15 is 0 Å². The number of carbonyl (C=O) groups is 1. The van der Waals surface area contributed by atoms with Crippen molar-refractivity contribution in [2.24, 2.45) is 0 Å². The number of hydrogen-bond acceptors (Lipinski definition) is 3. The maximum atomic E-state index is 11.3. The molecular weight excluding hydrogens is 240 g/mol. The van der Waals surface area contributed by atoms with Gasteiger partial charge in [-0.15, -0.1) is 0 Å². The van der Waals surface area contributed by atoms with Crippen LogP contribution in [0, 0.1) is 6.92 Å². The number of nitrogens with one attached hydrogen (secondary N) is 1. The van der Waals surface area contributed by atoms with Gasteiger partial charge in [-0.25, -0.2) is 4.79 Å². The monoisotopic (exact) mass is 260 g/mol. The van der Waals surface area contributed by atoms with E-state index in [1.165, 1.54) is 12.8 Å². The Kier molecular flexibility index (Phi) is 3.19. The van der Waals surface area contributed by atoms with Crippen LogP contribution >= 0.6 is 0 Å². The number of anilines is 1.